The first-order valence-corrected chi connectivity index (χ1v) is 14.4. The van der Waals surface area contributed by atoms with Crippen molar-refractivity contribution in [3.8, 4) is 28.4 Å². The van der Waals surface area contributed by atoms with Crippen molar-refractivity contribution in [1.82, 2.24) is 24.4 Å². The van der Waals surface area contributed by atoms with Crippen molar-refractivity contribution >= 4 is 34.5 Å². The molecule has 0 bridgehead atoms. The van der Waals surface area contributed by atoms with Gasteiger partial charge in [0.15, 0.2) is 5.82 Å². The minimum Gasteiger partial charge on any atom is -0.497 e. The summed E-state index contributed by atoms with van der Waals surface area (Å²) < 4.78 is 14.8. The lowest BCUT2D eigenvalue weighted by atomic mass is 10.1. The summed E-state index contributed by atoms with van der Waals surface area (Å²) in [6.45, 7) is 4.89. The number of hydrogen-bond acceptors (Lipinski definition) is 7. The second-order valence-electron chi connectivity index (χ2n) is 10.1. The molecule has 0 spiro atoms. The Morgan fingerprint density at radius 2 is 1.64 bits per heavy atom. The van der Waals surface area contributed by atoms with Crippen LogP contribution < -0.4 is 19.6 Å². The number of rotatable bonds is 9. The third kappa shape index (κ3) is 5.87. The van der Waals surface area contributed by atoms with Gasteiger partial charge in [0.2, 0.25) is 4.96 Å². The Bertz CT molecular complexity index is 1950. The molecule has 3 heterocycles. The molecule has 0 amide bonds. The van der Waals surface area contributed by atoms with E-state index < -0.39 is 0 Å². The third-order valence-corrected chi connectivity index (χ3v) is 7.46. The Labute approximate surface area is 246 Å². The number of hydrogen-bond donors (Lipinski definition) is 0. The van der Waals surface area contributed by atoms with Crippen molar-refractivity contribution in [1.29, 1.82) is 0 Å². The van der Waals surface area contributed by atoms with Crippen LogP contribution in [0.25, 0.3) is 40.1 Å². The number of para-hydroxylation sites is 1. The molecule has 0 aliphatic heterocycles. The molecule has 0 aliphatic carbocycles. The average Bonchev–Trinajstić information content (AvgIpc) is 3.70. The Morgan fingerprint density at radius 1 is 0.905 bits per heavy atom. The van der Waals surface area contributed by atoms with E-state index in [-0.39, 0.29) is 5.56 Å². The van der Waals surface area contributed by atoms with Crippen LogP contribution in [0.3, 0.4) is 0 Å². The first-order chi connectivity index (χ1) is 20.5. The molecule has 0 aliphatic rings. The normalized spacial score (nSPS) is 12.1. The Hall–Kier alpha value is -5.02. The maximum Gasteiger partial charge on any atom is 0.291 e. The summed E-state index contributed by atoms with van der Waals surface area (Å²) in [6.07, 6.45) is 7.49. The summed E-state index contributed by atoms with van der Waals surface area (Å²) in [6, 6.07) is 25.4. The van der Waals surface area contributed by atoms with Crippen LogP contribution in [0.4, 0.5) is 0 Å². The molecule has 0 N–H and O–H groups in total. The largest absolute Gasteiger partial charge is 0.497 e. The van der Waals surface area contributed by atoms with E-state index in [1.165, 1.54) is 15.9 Å². The summed E-state index contributed by atoms with van der Waals surface area (Å²) >= 11 is 1.30. The van der Waals surface area contributed by atoms with Gasteiger partial charge in [-0.2, -0.15) is 14.6 Å². The number of methoxy groups -OCH3 is 1. The highest BCUT2D eigenvalue weighted by Crippen LogP contribution is 2.27. The topological polar surface area (TPSA) is 83.5 Å². The molecule has 0 saturated heterocycles. The fourth-order valence-corrected chi connectivity index (χ4v) is 5.25. The molecule has 6 aromatic rings. The second kappa shape index (κ2) is 11.8. The molecule has 42 heavy (non-hydrogen) atoms. The zero-order valence-corrected chi connectivity index (χ0v) is 24.3. The standard InChI is InChI=1S/C33H29N5O3S/c1-22(2)21-41-28-16-12-24(13-17-28)31-25(20-37(36-31)26-7-5-4-6-8-26)19-29-32(39)38-33(42-29)34-30(35-38)18-11-23-9-14-27(40-3)15-10-23/h4-20,22H,21H2,1-3H3/b18-11+,29-19-. The molecule has 8 nitrogen and oxygen atoms in total. The molecule has 210 valence electrons. The number of fused-ring (bicyclic) bond motifs is 1. The predicted molar refractivity (Wildman–Crippen MR) is 167 cm³/mol. The lowest BCUT2D eigenvalue weighted by Gasteiger charge is -2.09. The van der Waals surface area contributed by atoms with Crippen LogP contribution in [0.1, 0.15) is 30.8 Å². The highest BCUT2D eigenvalue weighted by atomic mass is 32.1. The van der Waals surface area contributed by atoms with E-state index in [0.29, 0.717) is 27.8 Å². The van der Waals surface area contributed by atoms with E-state index in [1.807, 2.05) is 102 Å². The summed E-state index contributed by atoms with van der Waals surface area (Å²) in [5.74, 6) is 2.51. The molecule has 6 rings (SSSR count). The molecule has 0 radical (unpaired) electrons. The van der Waals surface area contributed by atoms with Crippen molar-refractivity contribution in [3.05, 3.63) is 117 Å². The minimum absolute atomic E-state index is 0.220. The Morgan fingerprint density at radius 3 is 2.33 bits per heavy atom. The van der Waals surface area contributed by atoms with E-state index in [4.69, 9.17) is 14.6 Å². The van der Waals surface area contributed by atoms with Crippen LogP contribution in [0.2, 0.25) is 0 Å². The van der Waals surface area contributed by atoms with Gasteiger partial charge in [-0.1, -0.05) is 61.6 Å². The molecule has 0 saturated carbocycles. The first kappa shape index (κ1) is 27.2. The highest BCUT2D eigenvalue weighted by molar-refractivity contribution is 7.15. The fraction of sp³-hybridized carbons (Fsp3) is 0.152. The van der Waals surface area contributed by atoms with Gasteiger partial charge in [-0.15, -0.1) is 5.10 Å². The number of benzene rings is 3. The van der Waals surface area contributed by atoms with Gasteiger partial charge >= 0.3 is 0 Å². The van der Waals surface area contributed by atoms with E-state index >= 15 is 0 Å². The summed E-state index contributed by atoms with van der Waals surface area (Å²) in [5, 5.41) is 9.33. The number of thiazole rings is 1. The lowest BCUT2D eigenvalue weighted by molar-refractivity contribution is 0.271. The maximum absolute atomic E-state index is 13.3. The predicted octanol–water partition coefficient (Wildman–Crippen LogP) is 5.77. The van der Waals surface area contributed by atoms with Crippen LogP contribution >= 0.6 is 11.3 Å². The molecule has 9 heteroatoms. The van der Waals surface area contributed by atoms with Crippen molar-refractivity contribution in [2.45, 2.75) is 13.8 Å². The van der Waals surface area contributed by atoms with Crippen LogP contribution in [-0.2, 0) is 0 Å². The molecular weight excluding hydrogens is 546 g/mol. The van der Waals surface area contributed by atoms with Crippen LogP contribution in [0.15, 0.2) is 89.9 Å². The third-order valence-electron chi connectivity index (χ3n) is 6.50. The van der Waals surface area contributed by atoms with E-state index in [9.17, 15) is 4.79 Å². The van der Waals surface area contributed by atoms with Crippen LogP contribution in [0.5, 0.6) is 11.5 Å². The number of ether oxygens (including phenoxy) is 2. The smallest absolute Gasteiger partial charge is 0.291 e. The monoisotopic (exact) mass is 575 g/mol. The van der Waals surface area contributed by atoms with Crippen LogP contribution in [-0.4, -0.2) is 38.1 Å². The molecule has 0 fully saturated rings. The quantitative estimate of drug-likeness (QED) is 0.218. The minimum atomic E-state index is -0.220. The number of nitrogens with zero attached hydrogens (tertiary/aromatic N) is 5. The maximum atomic E-state index is 13.3. The SMILES string of the molecule is COc1ccc(/C=C/c2nc3s/c(=C\c4cn(-c5ccccc5)nc4-c4ccc(OCC(C)C)cc4)c(=O)n3n2)cc1. The zero-order chi connectivity index (χ0) is 29.1. The zero-order valence-electron chi connectivity index (χ0n) is 23.5. The first-order valence-electron chi connectivity index (χ1n) is 13.6. The highest BCUT2D eigenvalue weighted by Gasteiger charge is 2.14. The fourth-order valence-electron chi connectivity index (χ4n) is 4.35. The van der Waals surface area contributed by atoms with Gasteiger partial charge in [0, 0.05) is 17.3 Å². The van der Waals surface area contributed by atoms with Gasteiger partial charge < -0.3 is 9.47 Å². The average molecular weight is 576 g/mol. The molecule has 3 aromatic carbocycles. The van der Waals surface area contributed by atoms with Crippen LogP contribution in [0, 0.1) is 5.92 Å². The van der Waals surface area contributed by atoms with Gasteiger partial charge in [-0.25, -0.2) is 4.68 Å². The lowest BCUT2D eigenvalue weighted by Crippen LogP contribution is -2.23. The Balaban J connectivity index is 1.34. The summed E-state index contributed by atoms with van der Waals surface area (Å²) in [7, 11) is 1.64. The van der Waals surface area contributed by atoms with E-state index in [0.717, 1.165) is 39.6 Å². The van der Waals surface area contributed by atoms with Gasteiger partial charge in [0.1, 0.15) is 17.2 Å². The van der Waals surface area contributed by atoms with Gasteiger partial charge in [0.05, 0.1) is 23.9 Å². The van der Waals surface area contributed by atoms with Gasteiger partial charge in [0.25, 0.3) is 5.56 Å². The van der Waals surface area contributed by atoms with Gasteiger partial charge in [-0.05, 0) is 72.2 Å². The molecule has 0 unspecified atom stereocenters. The Kier molecular flexibility index (Phi) is 7.66. The number of aromatic nitrogens is 5. The second-order valence-corrected chi connectivity index (χ2v) is 11.1. The van der Waals surface area contributed by atoms with Crippen molar-refractivity contribution in [2.75, 3.05) is 13.7 Å². The van der Waals surface area contributed by atoms with Crippen molar-refractivity contribution in [3.63, 3.8) is 0 Å². The van der Waals surface area contributed by atoms with Crippen molar-refractivity contribution < 1.29 is 9.47 Å². The molecule has 0 atom stereocenters. The van der Waals surface area contributed by atoms with Gasteiger partial charge in [-0.3, -0.25) is 4.79 Å². The summed E-state index contributed by atoms with van der Waals surface area (Å²) in [4.78, 5) is 18.4. The molecular formula is C33H29N5O3S. The van der Waals surface area contributed by atoms with Crippen molar-refractivity contribution in [2.24, 2.45) is 5.92 Å². The summed E-state index contributed by atoms with van der Waals surface area (Å²) in [5.41, 5.74) is 4.18. The molecule has 3 aromatic heterocycles. The van der Waals surface area contributed by atoms with E-state index in [1.54, 1.807) is 13.2 Å². The van der Waals surface area contributed by atoms with E-state index in [2.05, 4.69) is 23.9 Å².